The van der Waals surface area contributed by atoms with Crippen molar-refractivity contribution in [2.24, 2.45) is 0 Å². The van der Waals surface area contributed by atoms with Crippen LogP contribution >= 0.6 is 0 Å². The highest BCUT2D eigenvalue weighted by Gasteiger charge is 2.48. The second kappa shape index (κ2) is 6.12. The van der Waals surface area contributed by atoms with Crippen molar-refractivity contribution in [3.63, 3.8) is 0 Å². The average molecular weight is 359 g/mol. The number of hydrogen-bond donors (Lipinski definition) is 1. The third-order valence-electron chi connectivity index (χ3n) is 4.26. The van der Waals surface area contributed by atoms with Gasteiger partial charge in [-0.3, -0.25) is 5.10 Å². The van der Waals surface area contributed by atoms with E-state index in [0.29, 0.717) is 25.9 Å². The van der Waals surface area contributed by atoms with Crippen LogP contribution in [0.15, 0.2) is 41.4 Å². The Morgan fingerprint density at radius 3 is 2.38 bits per heavy atom. The normalized spacial score (nSPS) is 17.2. The average Bonchev–Trinajstić information content (AvgIpc) is 3.08. The molecular weight excluding hydrogens is 343 g/mol. The minimum atomic E-state index is -5.37. The number of alkyl halides is 3. The molecule has 1 aromatic carbocycles. The van der Waals surface area contributed by atoms with E-state index in [4.69, 9.17) is 0 Å². The molecule has 2 aromatic rings. The van der Waals surface area contributed by atoms with Gasteiger partial charge in [0, 0.05) is 30.9 Å². The van der Waals surface area contributed by atoms with Crippen molar-refractivity contribution in [3.05, 3.63) is 42.2 Å². The first-order chi connectivity index (χ1) is 11.3. The number of benzene rings is 1. The van der Waals surface area contributed by atoms with Crippen LogP contribution in [0, 0.1) is 0 Å². The maximum atomic E-state index is 12.9. The summed E-state index contributed by atoms with van der Waals surface area (Å²) in [5.41, 5.74) is -4.21. The summed E-state index contributed by atoms with van der Waals surface area (Å²) in [7, 11) is -5.37. The standard InChI is InChI=1S/C15H16F3N3O2S/c16-15(17,18)24(22,23)14-4-2-1-3-13(14)21-9-6-11(7-10-21)12-5-8-19-20-12/h1-5,8,11H,6-7,9-10H2,(H,19,20). The van der Waals surface area contributed by atoms with E-state index in [0.717, 1.165) is 11.8 Å². The number of hydrogen-bond acceptors (Lipinski definition) is 4. The Labute approximate surface area is 137 Å². The maximum absolute atomic E-state index is 12.9. The van der Waals surface area contributed by atoms with Crippen LogP contribution in [-0.4, -0.2) is 37.2 Å². The molecule has 1 aromatic heterocycles. The lowest BCUT2D eigenvalue weighted by Crippen LogP contribution is -2.35. The van der Waals surface area contributed by atoms with Crippen LogP contribution in [0.3, 0.4) is 0 Å². The number of anilines is 1. The third kappa shape index (κ3) is 3.00. The van der Waals surface area contributed by atoms with Crippen LogP contribution in [0.25, 0.3) is 0 Å². The predicted molar refractivity (Wildman–Crippen MR) is 82.5 cm³/mol. The van der Waals surface area contributed by atoms with Crippen molar-refractivity contribution < 1.29 is 21.6 Å². The highest BCUT2D eigenvalue weighted by molar-refractivity contribution is 7.92. The zero-order chi connectivity index (χ0) is 17.4. The van der Waals surface area contributed by atoms with Crippen LogP contribution in [-0.2, 0) is 9.84 Å². The van der Waals surface area contributed by atoms with Gasteiger partial charge in [-0.2, -0.15) is 18.3 Å². The summed E-state index contributed by atoms with van der Waals surface area (Å²) in [6.45, 7) is 0.960. The zero-order valence-electron chi connectivity index (χ0n) is 12.6. The minimum Gasteiger partial charge on any atom is -0.370 e. The lowest BCUT2D eigenvalue weighted by atomic mass is 9.93. The van der Waals surface area contributed by atoms with E-state index < -0.39 is 20.2 Å². The van der Waals surface area contributed by atoms with Gasteiger partial charge >= 0.3 is 5.51 Å². The molecule has 1 saturated heterocycles. The number of para-hydroxylation sites is 1. The Kier molecular flexibility index (Phi) is 4.29. The van der Waals surface area contributed by atoms with Gasteiger partial charge in [0.25, 0.3) is 9.84 Å². The van der Waals surface area contributed by atoms with E-state index in [2.05, 4.69) is 10.2 Å². The fourth-order valence-corrected chi connectivity index (χ4v) is 3.98. The summed E-state index contributed by atoms with van der Waals surface area (Å²) in [5, 5.41) is 6.81. The van der Waals surface area contributed by atoms with Crippen LogP contribution in [0.5, 0.6) is 0 Å². The number of nitrogens with zero attached hydrogens (tertiary/aromatic N) is 2. The van der Waals surface area contributed by atoms with Gasteiger partial charge in [0.15, 0.2) is 0 Å². The molecule has 1 aliphatic heterocycles. The molecule has 0 unspecified atom stereocenters. The molecule has 3 rings (SSSR count). The second-order valence-corrected chi connectivity index (χ2v) is 7.60. The van der Waals surface area contributed by atoms with E-state index in [-0.39, 0.29) is 11.6 Å². The topological polar surface area (TPSA) is 66.1 Å². The van der Waals surface area contributed by atoms with Crippen molar-refractivity contribution in [2.75, 3.05) is 18.0 Å². The van der Waals surface area contributed by atoms with Crippen LogP contribution in [0.4, 0.5) is 18.9 Å². The Bertz CT molecular complexity index is 796. The van der Waals surface area contributed by atoms with E-state index in [1.807, 2.05) is 6.07 Å². The van der Waals surface area contributed by atoms with Crippen LogP contribution in [0.2, 0.25) is 0 Å². The fourth-order valence-electron chi connectivity index (χ4n) is 3.00. The van der Waals surface area contributed by atoms with Gasteiger partial charge in [0.1, 0.15) is 0 Å². The molecule has 0 saturated carbocycles. The van der Waals surface area contributed by atoms with Gasteiger partial charge in [-0.15, -0.1) is 0 Å². The van der Waals surface area contributed by atoms with Crippen LogP contribution in [0.1, 0.15) is 24.5 Å². The first-order valence-electron chi connectivity index (χ1n) is 7.45. The molecule has 0 amide bonds. The number of H-pyrrole nitrogens is 1. The summed E-state index contributed by atoms with van der Waals surface area (Å²) in [4.78, 5) is 1.02. The molecule has 24 heavy (non-hydrogen) atoms. The SMILES string of the molecule is O=S(=O)(c1ccccc1N1CCC(c2ccn[nH]2)CC1)C(F)(F)F. The molecule has 2 heterocycles. The number of halogens is 3. The molecule has 0 aliphatic carbocycles. The summed E-state index contributed by atoms with van der Waals surface area (Å²) in [5.74, 6) is 0.245. The van der Waals surface area contributed by atoms with E-state index in [9.17, 15) is 21.6 Å². The van der Waals surface area contributed by atoms with Crippen molar-refractivity contribution in [1.82, 2.24) is 10.2 Å². The predicted octanol–water partition coefficient (Wildman–Crippen LogP) is 3.09. The number of aromatic amines is 1. The third-order valence-corrected chi connectivity index (χ3v) is 5.79. The Morgan fingerprint density at radius 1 is 1.12 bits per heavy atom. The molecular formula is C15H16F3N3O2S. The highest BCUT2D eigenvalue weighted by Crippen LogP contribution is 2.37. The largest absolute Gasteiger partial charge is 0.501 e. The molecule has 1 aliphatic rings. The second-order valence-electron chi connectivity index (χ2n) is 5.69. The van der Waals surface area contributed by atoms with Gasteiger partial charge in [0.05, 0.1) is 10.6 Å². The number of piperidine rings is 1. The van der Waals surface area contributed by atoms with Crippen LogP contribution < -0.4 is 4.90 Å². The molecule has 0 bridgehead atoms. The quantitative estimate of drug-likeness (QED) is 0.915. The molecule has 0 radical (unpaired) electrons. The van der Waals surface area contributed by atoms with E-state index >= 15 is 0 Å². The maximum Gasteiger partial charge on any atom is 0.501 e. The number of rotatable bonds is 3. The van der Waals surface area contributed by atoms with Crippen molar-refractivity contribution in [2.45, 2.75) is 29.2 Å². The highest BCUT2D eigenvalue weighted by atomic mass is 32.2. The van der Waals surface area contributed by atoms with Gasteiger partial charge < -0.3 is 4.90 Å². The first-order valence-corrected chi connectivity index (χ1v) is 8.93. The van der Waals surface area contributed by atoms with Crippen molar-refractivity contribution >= 4 is 15.5 Å². The van der Waals surface area contributed by atoms with Crippen molar-refractivity contribution in [3.8, 4) is 0 Å². The monoisotopic (exact) mass is 359 g/mol. The molecule has 130 valence electrons. The van der Waals surface area contributed by atoms with Gasteiger partial charge in [-0.1, -0.05) is 12.1 Å². The fraction of sp³-hybridized carbons (Fsp3) is 0.400. The lowest BCUT2D eigenvalue weighted by Gasteiger charge is -2.34. The molecule has 0 atom stereocenters. The molecule has 0 spiro atoms. The Morgan fingerprint density at radius 2 is 1.79 bits per heavy atom. The zero-order valence-corrected chi connectivity index (χ0v) is 13.4. The Hall–Kier alpha value is -2.03. The molecule has 9 heteroatoms. The van der Waals surface area contributed by atoms with E-state index in [1.165, 1.54) is 12.1 Å². The molecule has 5 nitrogen and oxygen atoms in total. The van der Waals surface area contributed by atoms with Gasteiger partial charge in [-0.25, -0.2) is 8.42 Å². The summed E-state index contributed by atoms with van der Waals surface area (Å²) >= 11 is 0. The minimum absolute atomic E-state index is 0.109. The number of nitrogens with one attached hydrogen (secondary N) is 1. The summed E-state index contributed by atoms with van der Waals surface area (Å²) in [6, 6.07) is 7.17. The summed E-state index contributed by atoms with van der Waals surface area (Å²) in [6.07, 6.45) is 3.08. The number of sulfone groups is 1. The number of aromatic nitrogens is 2. The lowest BCUT2D eigenvalue weighted by molar-refractivity contribution is -0.0435. The smallest absolute Gasteiger partial charge is 0.370 e. The first kappa shape index (κ1) is 16.8. The van der Waals surface area contributed by atoms with E-state index in [1.54, 1.807) is 17.2 Å². The molecule has 1 fully saturated rings. The van der Waals surface area contributed by atoms with Gasteiger partial charge in [0.2, 0.25) is 0 Å². The van der Waals surface area contributed by atoms with Gasteiger partial charge in [-0.05, 0) is 31.0 Å². The molecule has 1 N–H and O–H groups in total. The Balaban J connectivity index is 1.85. The summed E-state index contributed by atoms with van der Waals surface area (Å²) < 4.78 is 62.3. The van der Waals surface area contributed by atoms with Crippen molar-refractivity contribution in [1.29, 1.82) is 0 Å².